The lowest BCUT2D eigenvalue weighted by Gasteiger charge is -2.43. The second-order valence-electron chi connectivity index (χ2n) is 9.84. The maximum absolute atomic E-state index is 13.9. The third kappa shape index (κ3) is 5.23. The van der Waals surface area contributed by atoms with E-state index < -0.39 is 35.7 Å². The molecule has 0 saturated carbocycles. The molecule has 0 amide bonds. The minimum Gasteiger partial charge on any atom is -0.387 e. The molecular formula is C25H31F4N5O2. The van der Waals surface area contributed by atoms with Crippen molar-refractivity contribution in [1.82, 2.24) is 20.2 Å². The fourth-order valence-corrected chi connectivity index (χ4v) is 5.25. The molecule has 1 aromatic heterocycles. The van der Waals surface area contributed by atoms with E-state index in [-0.39, 0.29) is 17.5 Å². The van der Waals surface area contributed by atoms with Gasteiger partial charge in [-0.25, -0.2) is 14.4 Å². The molecule has 2 aliphatic rings. The molecule has 1 fully saturated rings. The first kappa shape index (κ1) is 26.4. The summed E-state index contributed by atoms with van der Waals surface area (Å²) in [4.78, 5) is 25.1. The van der Waals surface area contributed by atoms with Crippen molar-refractivity contribution in [3.05, 3.63) is 52.7 Å². The zero-order chi connectivity index (χ0) is 26.2. The summed E-state index contributed by atoms with van der Waals surface area (Å²) < 4.78 is 53.9. The van der Waals surface area contributed by atoms with E-state index in [1.165, 1.54) is 12.4 Å². The Morgan fingerprint density at radius 3 is 2.47 bits per heavy atom. The Kier molecular flexibility index (Phi) is 7.63. The quantitative estimate of drug-likeness (QED) is 0.436. The van der Waals surface area contributed by atoms with Crippen molar-refractivity contribution < 1.29 is 27.5 Å². The lowest BCUT2D eigenvalue weighted by atomic mass is 9.93. The Morgan fingerprint density at radius 1 is 1.17 bits per heavy atom. The van der Waals surface area contributed by atoms with Crippen LogP contribution in [0.15, 0.2) is 24.5 Å². The molecule has 1 aromatic carbocycles. The number of anilines is 1. The molecule has 2 N–H and O–H groups in total. The standard InChI is InChI=1S/C25H31F4N5O2/c1-14(2)32-23(17(12-35)16-4-5-19(26)18(11-16)25(27,28)29)33-6-8-34(9-7-33)24-21-15(3)10-20(36)22(21)30-13-31-24/h4-5,11-15,17,20,23,32,36H,6-10H2,1-3H3/t15-,17?,20-,23?/m1/s1. The number of benzene rings is 1. The van der Waals surface area contributed by atoms with Crippen molar-refractivity contribution in [2.45, 2.75) is 63.5 Å². The van der Waals surface area contributed by atoms with Gasteiger partial charge in [0.15, 0.2) is 0 Å². The summed E-state index contributed by atoms with van der Waals surface area (Å²) in [5.74, 6) is -1.38. The number of fused-ring (bicyclic) bond motifs is 1. The molecule has 2 aromatic rings. The summed E-state index contributed by atoms with van der Waals surface area (Å²) in [5.41, 5.74) is 0.337. The Bertz CT molecular complexity index is 1090. The van der Waals surface area contributed by atoms with Crippen molar-refractivity contribution in [3.8, 4) is 0 Å². The summed E-state index contributed by atoms with van der Waals surface area (Å²) in [6.07, 6.45) is -3.36. The first-order chi connectivity index (χ1) is 17.0. The van der Waals surface area contributed by atoms with Gasteiger partial charge in [0.1, 0.15) is 24.2 Å². The van der Waals surface area contributed by atoms with Crippen molar-refractivity contribution in [3.63, 3.8) is 0 Å². The number of aldehydes is 1. The Hall–Kier alpha value is -2.63. The number of hydrogen-bond donors (Lipinski definition) is 2. The van der Waals surface area contributed by atoms with Crippen LogP contribution in [-0.2, 0) is 11.0 Å². The molecule has 196 valence electrons. The molecule has 7 nitrogen and oxygen atoms in total. The average molecular weight is 510 g/mol. The van der Waals surface area contributed by atoms with Gasteiger partial charge in [-0.1, -0.05) is 13.0 Å². The molecule has 4 atom stereocenters. The van der Waals surface area contributed by atoms with Gasteiger partial charge in [-0.15, -0.1) is 0 Å². The maximum Gasteiger partial charge on any atom is 0.419 e. The minimum atomic E-state index is -4.86. The van der Waals surface area contributed by atoms with Gasteiger partial charge in [-0.3, -0.25) is 10.2 Å². The van der Waals surface area contributed by atoms with Crippen molar-refractivity contribution >= 4 is 12.1 Å². The molecule has 0 spiro atoms. The lowest BCUT2D eigenvalue weighted by Crippen LogP contribution is -2.58. The van der Waals surface area contributed by atoms with Crippen LogP contribution in [0.25, 0.3) is 0 Å². The number of carbonyl (C=O) groups excluding carboxylic acids is 1. The van der Waals surface area contributed by atoms with E-state index in [1.54, 1.807) is 0 Å². The average Bonchev–Trinajstić information content (AvgIpc) is 3.12. The number of hydrogen-bond acceptors (Lipinski definition) is 7. The topological polar surface area (TPSA) is 81.6 Å². The van der Waals surface area contributed by atoms with Crippen LogP contribution < -0.4 is 10.2 Å². The van der Waals surface area contributed by atoms with Crippen molar-refractivity contribution in [1.29, 1.82) is 0 Å². The zero-order valence-corrected chi connectivity index (χ0v) is 20.5. The highest BCUT2D eigenvalue weighted by molar-refractivity contribution is 5.64. The summed E-state index contributed by atoms with van der Waals surface area (Å²) in [6.45, 7) is 8.03. The first-order valence-corrected chi connectivity index (χ1v) is 12.1. The Balaban J connectivity index is 1.57. The largest absolute Gasteiger partial charge is 0.419 e. The third-order valence-electron chi connectivity index (χ3n) is 6.96. The molecule has 2 unspecified atom stereocenters. The number of alkyl halides is 3. The van der Waals surface area contributed by atoms with Gasteiger partial charge in [0.25, 0.3) is 0 Å². The lowest BCUT2D eigenvalue weighted by molar-refractivity contribution is -0.140. The SMILES string of the molecule is CC(C)NC(C(C=O)c1ccc(F)c(C(F)(F)F)c1)N1CCN(c2ncnc3c2[C@H](C)C[C@H]3O)CC1. The van der Waals surface area contributed by atoms with Gasteiger partial charge < -0.3 is 14.8 Å². The maximum atomic E-state index is 13.9. The molecule has 1 saturated heterocycles. The van der Waals surface area contributed by atoms with Gasteiger partial charge in [-0.05, 0) is 43.9 Å². The van der Waals surface area contributed by atoms with Crippen molar-refractivity contribution in [2.75, 3.05) is 31.1 Å². The van der Waals surface area contributed by atoms with Crippen LogP contribution in [0.4, 0.5) is 23.4 Å². The smallest absolute Gasteiger partial charge is 0.387 e. The van der Waals surface area contributed by atoms with E-state index in [2.05, 4.69) is 20.2 Å². The van der Waals surface area contributed by atoms with Crippen LogP contribution in [0.5, 0.6) is 0 Å². The van der Waals surface area contributed by atoms with E-state index >= 15 is 0 Å². The van der Waals surface area contributed by atoms with Crippen LogP contribution in [0, 0.1) is 5.82 Å². The van der Waals surface area contributed by atoms with E-state index in [9.17, 15) is 27.5 Å². The molecular weight excluding hydrogens is 478 g/mol. The van der Waals surface area contributed by atoms with Gasteiger partial charge in [0.2, 0.25) is 0 Å². The number of aliphatic hydroxyl groups excluding tert-OH is 1. The minimum absolute atomic E-state index is 0.0505. The van der Waals surface area contributed by atoms with E-state index in [0.29, 0.717) is 44.6 Å². The molecule has 0 bridgehead atoms. The predicted octanol–water partition coefficient (Wildman–Crippen LogP) is 3.60. The number of piperazine rings is 1. The van der Waals surface area contributed by atoms with Crippen LogP contribution in [0.2, 0.25) is 0 Å². The van der Waals surface area contributed by atoms with E-state index in [0.717, 1.165) is 23.5 Å². The molecule has 4 rings (SSSR count). The normalized spacial score (nSPS) is 22.5. The second-order valence-corrected chi connectivity index (χ2v) is 9.84. The number of rotatable bonds is 7. The van der Waals surface area contributed by atoms with Gasteiger partial charge >= 0.3 is 6.18 Å². The number of nitrogens with zero attached hydrogens (tertiary/aromatic N) is 4. The highest BCUT2D eigenvalue weighted by Gasteiger charge is 2.38. The molecule has 0 radical (unpaired) electrons. The number of halogens is 4. The fourth-order valence-electron chi connectivity index (χ4n) is 5.25. The molecule has 11 heteroatoms. The van der Waals surface area contributed by atoms with Gasteiger partial charge in [0, 0.05) is 37.8 Å². The first-order valence-electron chi connectivity index (χ1n) is 12.1. The highest BCUT2D eigenvalue weighted by Crippen LogP contribution is 2.43. The van der Waals surface area contributed by atoms with Crippen LogP contribution in [-0.4, -0.2) is 64.6 Å². The summed E-state index contributed by atoms with van der Waals surface area (Å²) in [6, 6.07) is 2.69. The molecule has 1 aliphatic heterocycles. The third-order valence-corrected chi connectivity index (χ3v) is 6.96. The van der Waals surface area contributed by atoms with E-state index in [1.807, 2.05) is 25.7 Å². The number of carbonyl (C=O) groups is 1. The summed E-state index contributed by atoms with van der Waals surface area (Å²) in [7, 11) is 0. The zero-order valence-electron chi connectivity index (χ0n) is 20.5. The summed E-state index contributed by atoms with van der Waals surface area (Å²) >= 11 is 0. The van der Waals surface area contributed by atoms with Gasteiger partial charge in [-0.2, -0.15) is 13.2 Å². The van der Waals surface area contributed by atoms with Crippen LogP contribution in [0.3, 0.4) is 0 Å². The molecule has 2 heterocycles. The Labute approximate surface area is 207 Å². The highest BCUT2D eigenvalue weighted by atomic mass is 19.4. The monoisotopic (exact) mass is 509 g/mol. The van der Waals surface area contributed by atoms with Gasteiger partial charge in [0.05, 0.1) is 29.4 Å². The number of nitrogens with one attached hydrogen (secondary N) is 1. The van der Waals surface area contributed by atoms with E-state index in [4.69, 9.17) is 0 Å². The number of aliphatic hydroxyl groups is 1. The van der Waals surface area contributed by atoms with Crippen LogP contribution >= 0.6 is 0 Å². The summed E-state index contributed by atoms with van der Waals surface area (Å²) in [5, 5.41) is 13.6. The molecule has 1 aliphatic carbocycles. The van der Waals surface area contributed by atoms with Crippen molar-refractivity contribution in [2.24, 2.45) is 0 Å². The number of aromatic nitrogens is 2. The molecule has 36 heavy (non-hydrogen) atoms. The fraction of sp³-hybridized carbons (Fsp3) is 0.560. The van der Waals surface area contributed by atoms with Crippen LogP contribution in [0.1, 0.15) is 67.5 Å². The second kappa shape index (κ2) is 10.4. The Morgan fingerprint density at radius 2 is 1.86 bits per heavy atom. The predicted molar refractivity (Wildman–Crippen MR) is 126 cm³/mol.